The molecule has 0 radical (unpaired) electrons. The molecule has 1 N–H and O–H groups in total. The van der Waals surface area contributed by atoms with Crippen molar-refractivity contribution < 1.29 is 13.2 Å². The number of carbonyl (C=O) groups excluding carboxylic acids is 1. The monoisotopic (exact) mass is 360 g/mol. The van der Waals surface area contributed by atoms with Crippen molar-refractivity contribution in [3.63, 3.8) is 0 Å². The summed E-state index contributed by atoms with van der Waals surface area (Å²) in [6, 6.07) is 10.8. The predicted molar refractivity (Wildman–Crippen MR) is 95.6 cm³/mol. The van der Waals surface area contributed by atoms with Crippen LogP contribution in [0, 0.1) is 6.92 Å². The molecule has 132 valence electrons. The van der Waals surface area contributed by atoms with Crippen LogP contribution < -0.4 is 5.32 Å². The highest BCUT2D eigenvalue weighted by molar-refractivity contribution is 7.91. The van der Waals surface area contributed by atoms with Crippen molar-refractivity contribution in [3.05, 3.63) is 47.7 Å². The third-order valence-electron chi connectivity index (χ3n) is 4.25. The molecule has 1 aromatic carbocycles. The lowest BCUT2D eigenvalue weighted by Gasteiger charge is -2.22. The van der Waals surface area contributed by atoms with E-state index in [4.69, 9.17) is 0 Å². The summed E-state index contributed by atoms with van der Waals surface area (Å²) in [6.45, 7) is 2.00. The molecule has 1 unspecified atom stereocenters. The molecule has 2 heterocycles. The molecule has 0 aliphatic carbocycles. The van der Waals surface area contributed by atoms with Gasteiger partial charge in [0.1, 0.15) is 0 Å². The fourth-order valence-electron chi connectivity index (χ4n) is 2.81. The zero-order chi connectivity index (χ0) is 18.0. The van der Waals surface area contributed by atoms with Crippen molar-refractivity contribution in [1.29, 1.82) is 0 Å². The fraction of sp³-hybridized carbons (Fsp3) is 0.353. The van der Waals surface area contributed by atoms with E-state index in [-0.39, 0.29) is 29.1 Å². The smallest absolute Gasteiger partial charge is 0.274 e. The largest absolute Gasteiger partial charge is 0.339 e. The molecule has 1 aromatic heterocycles. The number of benzene rings is 1. The van der Waals surface area contributed by atoms with Crippen LogP contribution in [0.15, 0.2) is 36.4 Å². The van der Waals surface area contributed by atoms with Crippen molar-refractivity contribution in [2.75, 3.05) is 23.9 Å². The van der Waals surface area contributed by atoms with E-state index < -0.39 is 9.84 Å². The number of rotatable bonds is 4. The van der Waals surface area contributed by atoms with Crippen molar-refractivity contribution in [1.82, 2.24) is 15.1 Å². The number of nitrogens with one attached hydrogen (secondary N) is 1. The van der Waals surface area contributed by atoms with Crippen LogP contribution in [0.25, 0.3) is 0 Å². The molecule has 1 aliphatic heterocycles. The van der Waals surface area contributed by atoms with E-state index in [1.807, 2.05) is 31.2 Å². The SMILES string of the molecule is Cc1cccc(Nc2ccc(C(=O)N(C)C3CCS(=O)(=O)C3)nn2)c1. The third kappa shape index (κ3) is 4.14. The van der Waals surface area contributed by atoms with Gasteiger partial charge in [0.2, 0.25) is 0 Å². The van der Waals surface area contributed by atoms with Gasteiger partial charge in [0.15, 0.2) is 21.3 Å². The fourth-order valence-corrected chi connectivity index (χ4v) is 4.59. The van der Waals surface area contributed by atoms with Gasteiger partial charge in [0.05, 0.1) is 11.5 Å². The second-order valence-electron chi connectivity index (χ2n) is 6.27. The van der Waals surface area contributed by atoms with Crippen LogP contribution in [0.3, 0.4) is 0 Å². The van der Waals surface area contributed by atoms with Crippen LogP contribution in [0.4, 0.5) is 11.5 Å². The second-order valence-corrected chi connectivity index (χ2v) is 8.50. The number of anilines is 2. The van der Waals surface area contributed by atoms with Gasteiger partial charge in [-0.1, -0.05) is 12.1 Å². The van der Waals surface area contributed by atoms with Crippen LogP contribution in [0.1, 0.15) is 22.5 Å². The Kier molecular flexibility index (Phi) is 4.71. The predicted octanol–water partition coefficient (Wildman–Crippen LogP) is 1.79. The number of sulfone groups is 1. The van der Waals surface area contributed by atoms with Crippen molar-refractivity contribution in [2.45, 2.75) is 19.4 Å². The molecule has 1 aliphatic rings. The normalized spacial score (nSPS) is 18.7. The van der Waals surface area contributed by atoms with E-state index >= 15 is 0 Å². The van der Waals surface area contributed by atoms with E-state index in [1.165, 1.54) is 4.90 Å². The van der Waals surface area contributed by atoms with Gasteiger partial charge in [-0.2, -0.15) is 0 Å². The standard InChI is InChI=1S/C17H20N4O3S/c1-12-4-3-5-13(10-12)18-16-7-6-15(19-20-16)17(22)21(2)14-8-9-25(23,24)11-14/h3-7,10,14H,8-9,11H2,1-2H3,(H,18,20). The Labute approximate surface area is 147 Å². The van der Waals surface area contributed by atoms with Gasteiger partial charge in [-0.15, -0.1) is 10.2 Å². The summed E-state index contributed by atoms with van der Waals surface area (Å²) in [5.74, 6) is 0.348. The molecule has 1 fully saturated rings. The first kappa shape index (κ1) is 17.3. The van der Waals surface area contributed by atoms with Crippen LogP contribution in [-0.4, -0.2) is 54.0 Å². The lowest BCUT2D eigenvalue weighted by molar-refractivity contribution is 0.0740. The minimum Gasteiger partial charge on any atom is -0.339 e. The van der Waals surface area contributed by atoms with Gasteiger partial charge in [-0.05, 0) is 43.2 Å². The zero-order valence-electron chi connectivity index (χ0n) is 14.1. The summed E-state index contributed by atoms with van der Waals surface area (Å²) in [5.41, 5.74) is 2.21. The van der Waals surface area contributed by atoms with E-state index in [2.05, 4.69) is 15.5 Å². The topological polar surface area (TPSA) is 92.3 Å². The average molecular weight is 360 g/mol. The van der Waals surface area contributed by atoms with E-state index in [0.29, 0.717) is 12.2 Å². The number of aromatic nitrogens is 2. The highest BCUT2D eigenvalue weighted by Gasteiger charge is 2.33. The number of carbonyl (C=O) groups is 1. The Morgan fingerprint density at radius 2 is 2.04 bits per heavy atom. The van der Waals surface area contributed by atoms with Crippen LogP contribution in [-0.2, 0) is 9.84 Å². The van der Waals surface area contributed by atoms with Gasteiger partial charge in [-0.25, -0.2) is 8.42 Å². The van der Waals surface area contributed by atoms with Crippen LogP contribution >= 0.6 is 0 Å². The summed E-state index contributed by atoms with van der Waals surface area (Å²) >= 11 is 0. The molecule has 0 saturated carbocycles. The number of aryl methyl sites for hydroxylation is 1. The average Bonchev–Trinajstić information content (AvgIpc) is 2.94. The van der Waals surface area contributed by atoms with Crippen LogP contribution in [0.5, 0.6) is 0 Å². The molecule has 7 nitrogen and oxygen atoms in total. The highest BCUT2D eigenvalue weighted by atomic mass is 32.2. The summed E-state index contributed by atoms with van der Waals surface area (Å²) in [5, 5.41) is 11.1. The van der Waals surface area contributed by atoms with E-state index in [0.717, 1.165) is 11.3 Å². The summed E-state index contributed by atoms with van der Waals surface area (Å²) in [7, 11) is -1.44. The molecule has 3 rings (SSSR count). The minimum atomic E-state index is -3.04. The maximum absolute atomic E-state index is 12.5. The number of hydrogen-bond donors (Lipinski definition) is 1. The molecule has 1 amide bonds. The van der Waals surface area contributed by atoms with Crippen molar-refractivity contribution in [2.24, 2.45) is 0 Å². The molecular formula is C17H20N4O3S. The molecule has 0 spiro atoms. The van der Waals surface area contributed by atoms with Crippen molar-refractivity contribution in [3.8, 4) is 0 Å². The van der Waals surface area contributed by atoms with E-state index in [1.54, 1.807) is 19.2 Å². The van der Waals surface area contributed by atoms with Crippen molar-refractivity contribution >= 4 is 27.2 Å². The third-order valence-corrected chi connectivity index (χ3v) is 6.00. The molecule has 8 heteroatoms. The van der Waals surface area contributed by atoms with Gasteiger partial charge in [0.25, 0.3) is 5.91 Å². The summed E-state index contributed by atoms with van der Waals surface area (Å²) < 4.78 is 23.1. The molecule has 2 aromatic rings. The number of amides is 1. The van der Waals surface area contributed by atoms with Gasteiger partial charge >= 0.3 is 0 Å². The van der Waals surface area contributed by atoms with E-state index in [9.17, 15) is 13.2 Å². The highest BCUT2D eigenvalue weighted by Crippen LogP contribution is 2.19. The second kappa shape index (κ2) is 6.79. The number of hydrogen-bond acceptors (Lipinski definition) is 6. The molecule has 1 saturated heterocycles. The van der Waals surface area contributed by atoms with Gasteiger partial charge in [-0.3, -0.25) is 4.79 Å². The molecule has 1 atom stereocenters. The quantitative estimate of drug-likeness (QED) is 0.894. The Hall–Kier alpha value is -2.48. The lowest BCUT2D eigenvalue weighted by Crippen LogP contribution is -2.38. The minimum absolute atomic E-state index is 0.00959. The zero-order valence-corrected chi connectivity index (χ0v) is 15.0. The Balaban J connectivity index is 1.68. The van der Waals surface area contributed by atoms with Gasteiger partial charge in [0, 0.05) is 18.8 Å². The summed E-state index contributed by atoms with van der Waals surface area (Å²) in [4.78, 5) is 13.9. The molecular weight excluding hydrogens is 340 g/mol. The van der Waals surface area contributed by atoms with Crippen LogP contribution in [0.2, 0.25) is 0 Å². The first-order valence-corrected chi connectivity index (χ1v) is 9.81. The Morgan fingerprint density at radius 3 is 2.64 bits per heavy atom. The lowest BCUT2D eigenvalue weighted by atomic mass is 10.2. The first-order valence-electron chi connectivity index (χ1n) is 7.99. The maximum Gasteiger partial charge on any atom is 0.274 e. The Bertz CT molecular complexity index is 881. The Morgan fingerprint density at radius 1 is 1.24 bits per heavy atom. The van der Waals surface area contributed by atoms with Gasteiger partial charge < -0.3 is 10.2 Å². The molecule has 25 heavy (non-hydrogen) atoms. The number of nitrogens with zero attached hydrogens (tertiary/aromatic N) is 3. The summed E-state index contributed by atoms with van der Waals surface area (Å²) in [6.07, 6.45) is 0.463. The maximum atomic E-state index is 12.5. The first-order chi connectivity index (χ1) is 11.8. The molecule has 0 bridgehead atoms.